The van der Waals surface area contributed by atoms with Crippen LogP contribution in [0.2, 0.25) is 23.3 Å². The van der Waals surface area contributed by atoms with Crippen LogP contribution in [0.3, 0.4) is 0 Å². The Morgan fingerprint density at radius 2 is 2.05 bits per heavy atom. The molecule has 0 fully saturated rings. The predicted molar refractivity (Wildman–Crippen MR) is 84.1 cm³/mol. The fraction of sp³-hybridized carbons (Fsp3) is 0.643. The molecule has 0 unspecified atom stereocenters. The van der Waals surface area contributed by atoms with Gasteiger partial charge in [-0.25, -0.2) is 9.37 Å². The number of nitrogens with zero attached hydrogens (tertiary/aromatic N) is 1. The third kappa shape index (κ3) is 4.81. The fourth-order valence-corrected chi connectivity index (χ4v) is 2.63. The first-order valence-electron chi connectivity index (χ1n) is 6.79. The van der Waals surface area contributed by atoms with Crippen LogP contribution in [0.5, 0.6) is 0 Å². The maximum atomic E-state index is 13.6. The second-order valence-electron chi connectivity index (χ2n) is 6.36. The Labute approximate surface area is 127 Å². The summed E-state index contributed by atoms with van der Waals surface area (Å²) >= 11 is 5.63. The van der Waals surface area contributed by atoms with Crippen LogP contribution in [-0.2, 0) is 11.0 Å². The number of hydrogen-bond donors (Lipinski definition) is 1. The molecule has 0 atom stereocenters. The van der Waals surface area contributed by atoms with Gasteiger partial charge in [0.2, 0.25) is 0 Å². The van der Waals surface area contributed by atoms with E-state index in [4.69, 9.17) is 16.0 Å². The summed E-state index contributed by atoms with van der Waals surface area (Å²) in [5.41, 5.74) is 0.525. The van der Waals surface area contributed by atoms with E-state index in [9.17, 15) is 4.39 Å². The highest BCUT2D eigenvalue weighted by molar-refractivity contribution is 6.74. The molecule has 1 aromatic heterocycles. The Hall–Kier alpha value is -0.493. The molecule has 0 saturated heterocycles. The second-order valence-corrected chi connectivity index (χ2v) is 11.5. The molecule has 0 radical (unpaired) electrons. The molecular weight excluding hydrogens is 295 g/mol. The van der Waals surface area contributed by atoms with E-state index in [1.165, 1.54) is 6.20 Å². The largest absolute Gasteiger partial charge is 0.416 e. The number of rotatable bonds is 6. The Balaban J connectivity index is 2.35. The Kier molecular flexibility index (Phi) is 6.13. The zero-order valence-electron chi connectivity index (χ0n) is 12.9. The van der Waals surface area contributed by atoms with Crippen LogP contribution in [-0.4, -0.2) is 26.5 Å². The molecule has 0 amide bonds. The highest BCUT2D eigenvalue weighted by atomic mass is 35.5. The van der Waals surface area contributed by atoms with Crippen molar-refractivity contribution in [3.05, 3.63) is 28.8 Å². The molecule has 0 aliphatic heterocycles. The van der Waals surface area contributed by atoms with E-state index < -0.39 is 14.1 Å². The molecule has 0 spiro atoms. The summed E-state index contributed by atoms with van der Waals surface area (Å²) in [4.78, 5) is 3.69. The van der Waals surface area contributed by atoms with Gasteiger partial charge >= 0.3 is 0 Å². The lowest BCUT2D eigenvalue weighted by atomic mass is 10.2. The van der Waals surface area contributed by atoms with Gasteiger partial charge in [0.25, 0.3) is 0 Å². The smallest absolute Gasteiger partial charge is 0.192 e. The van der Waals surface area contributed by atoms with E-state index >= 15 is 0 Å². The SMILES string of the molecule is CC(C)(C)[Si](C)(C)OCCNCc1ccnc(Cl)c1F. The lowest BCUT2D eigenvalue weighted by Crippen LogP contribution is -2.42. The molecule has 6 heteroatoms. The molecule has 3 nitrogen and oxygen atoms in total. The Morgan fingerprint density at radius 3 is 2.65 bits per heavy atom. The average molecular weight is 319 g/mol. The summed E-state index contributed by atoms with van der Waals surface area (Å²) in [6.07, 6.45) is 1.51. The van der Waals surface area contributed by atoms with Crippen LogP contribution < -0.4 is 5.32 Å². The van der Waals surface area contributed by atoms with Gasteiger partial charge in [0, 0.05) is 31.5 Å². The molecule has 0 aliphatic carbocycles. The van der Waals surface area contributed by atoms with Crippen LogP contribution in [0.4, 0.5) is 4.39 Å². The molecule has 20 heavy (non-hydrogen) atoms. The van der Waals surface area contributed by atoms with Crippen molar-refractivity contribution >= 4 is 19.9 Å². The van der Waals surface area contributed by atoms with E-state index in [1.807, 2.05) is 0 Å². The standard InChI is InChI=1S/C14H24ClFN2OSi/c1-14(2,3)20(4,5)19-9-8-17-10-11-6-7-18-13(15)12(11)16/h6-7,17H,8-10H2,1-5H3. The first kappa shape index (κ1) is 17.6. The van der Waals surface area contributed by atoms with E-state index in [1.54, 1.807) is 6.07 Å². The van der Waals surface area contributed by atoms with E-state index in [2.05, 4.69) is 44.2 Å². The van der Waals surface area contributed by atoms with Gasteiger partial charge < -0.3 is 9.74 Å². The van der Waals surface area contributed by atoms with E-state index in [0.717, 1.165) is 0 Å². The van der Waals surface area contributed by atoms with Crippen molar-refractivity contribution in [1.82, 2.24) is 10.3 Å². The van der Waals surface area contributed by atoms with Gasteiger partial charge in [-0.05, 0) is 24.2 Å². The summed E-state index contributed by atoms with van der Waals surface area (Å²) < 4.78 is 19.6. The molecule has 0 saturated carbocycles. The van der Waals surface area contributed by atoms with Crippen LogP contribution in [0.25, 0.3) is 0 Å². The number of pyridine rings is 1. The quantitative estimate of drug-likeness (QED) is 0.489. The minimum absolute atomic E-state index is 0.0816. The molecule has 0 aromatic carbocycles. The van der Waals surface area contributed by atoms with Gasteiger partial charge in [0.1, 0.15) is 0 Å². The minimum atomic E-state index is -1.70. The fourth-order valence-electron chi connectivity index (χ4n) is 1.41. The second kappa shape index (κ2) is 6.98. The van der Waals surface area contributed by atoms with Crippen molar-refractivity contribution in [3.63, 3.8) is 0 Å². The lowest BCUT2D eigenvalue weighted by Gasteiger charge is -2.36. The first-order chi connectivity index (χ1) is 9.15. The summed E-state index contributed by atoms with van der Waals surface area (Å²) in [6, 6.07) is 1.63. The van der Waals surface area contributed by atoms with Gasteiger partial charge in [0.15, 0.2) is 19.3 Å². The Bertz CT molecular complexity index is 449. The van der Waals surface area contributed by atoms with Gasteiger partial charge in [-0.2, -0.15) is 0 Å². The molecule has 1 N–H and O–H groups in total. The number of aromatic nitrogens is 1. The van der Waals surface area contributed by atoms with Crippen LogP contribution >= 0.6 is 11.6 Å². The van der Waals surface area contributed by atoms with Gasteiger partial charge in [-0.1, -0.05) is 32.4 Å². The van der Waals surface area contributed by atoms with Crippen molar-refractivity contribution in [2.45, 2.75) is 45.4 Å². The lowest BCUT2D eigenvalue weighted by molar-refractivity contribution is 0.285. The number of halogens is 2. The summed E-state index contributed by atoms with van der Waals surface area (Å²) in [6.45, 7) is 12.8. The van der Waals surface area contributed by atoms with Gasteiger partial charge in [-0.3, -0.25) is 0 Å². The topological polar surface area (TPSA) is 34.1 Å². The molecule has 0 aliphatic rings. The highest BCUT2D eigenvalue weighted by Gasteiger charge is 2.36. The molecular formula is C14H24ClFN2OSi. The van der Waals surface area contributed by atoms with Crippen molar-refractivity contribution in [3.8, 4) is 0 Å². The van der Waals surface area contributed by atoms with Crippen molar-refractivity contribution in [2.24, 2.45) is 0 Å². The van der Waals surface area contributed by atoms with Gasteiger partial charge in [0.05, 0.1) is 0 Å². The Morgan fingerprint density at radius 1 is 1.40 bits per heavy atom. The maximum Gasteiger partial charge on any atom is 0.192 e. The van der Waals surface area contributed by atoms with Crippen molar-refractivity contribution in [2.75, 3.05) is 13.2 Å². The monoisotopic (exact) mass is 318 g/mol. The van der Waals surface area contributed by atoms with E-state index in [0.29, 0.717) is 25.3 Å². The summed E-state index contributed by atoms with van der Waals surface area (Å²) in [5, 5.41) is 3.29. The summed E-state index contributed by atoms with van der Waals surface area (Å²) in [5.74, 6) is -0.452. The third-order valence-electron chi connectivity index (χ3n) is 3.79. The number of nitrogens with one attached hydrogen (secondary N) is 1. The van der Waals surface area contributed by atoms with E-state index in [-0.39, 0.29) is 10.2 Å². The molecule has 0 bridgehead atoms. The third-order valence-corrected chi connectivity index (χ3v) is 8.59. The molecule has 1 rings (SSSR count). The maximum absolute atomic E-state index is 13.6. The van der Waals surface area contributed by atoms with Crippen LogP contribution in [0, 0.1) is 5.82 Å². The predicted octanol–water partition coefficient (Wildman–Crippen LogP) is 3.99. The van der Waals surface area contributed by atoms with Gasteiger partial charge in [-0.15, -0.1) is 0 Å². The summed E-state index contributed by atoms with van der Waals surface area (Å²) in [7, 11) is -1.70. The van der Waals surface area contributed by atoms with Crippen LogP contribution in [0.15, 0.2) is 12.3 Å². The molecule has 1 heterocycles. The average Bonchev–Trinajstić information content (AvgIpc) is 2.32. The normalized spacial score (nSPS) is 12.8. The molecule has 1 aromatic rings. The van der Waals surface area contributed by atoms with Crippen LogP contribution in [0.1, 0.15) is 26.3 Å². The highest BCUT2D eigenvalue weighted by Crippen LogP contribution is 2.36. The zero-order chi connectivity index (χ0) is 15.4. The van der Waals surface area contributed by atoms with Crippen molar-refractivity contribution < 1.29 is 8.82 Å². The zero-order valence-corrected chi connectivity index (χ0v) is 14.6. The molecule has 114 valence electrons. The minimum Gasteiger partial charge on any atom is -0.416 e. The number of hydrogen-bond acceptors (Lipinski definition) is 3. The first-order valence-corrected chi connectivity index (χ1v) is 10.1. The van der Waals surface area contributed by atoms with Crippen molar-refractivity contribution in [1.29, 1.82) is 0 Å².